The molecule has 0 saturated carbocycles. The van der Waals surface area contributed by atoms with Crippen LogP contribution >= 0.6 is 0 Å². The van der Waals surface area contributed by atoms with Crippen LogP contribution in [0.5, 0.6) is 0 Å². The van der Waals surface area contributed by atoms with E-state index in [1.807, 2.05) is 0 Å². The predicted molar refractivity (Wildman–Crippen MR) is 131 cm³/mol. The Kier molecular flexibility index (Phi) is 8.89. The molecule has 4 heteroatoms. The summed E-state index contributed by atoms with van der Waals surface area (Å²) in [6.45, 7) is 15.5. The van der Waals surface area contributed by atoms with Gasteiger partial charge in [0.25, 0.3) is 0 Å². The fraction of sp³-hybridized carbons (Fsp3) is 0.520. The fourth-order valence-electron chi connectivity index (χ4n) is 3.65. The molecule has 2 aromatic carbocycles. The lowest BCUT2D eigenvalue weighted by molar-refractivity contribution is 0.110. The number of benzene rings is 2. The van der Waals surface area contributed by atoms with Gasteiger partial charge in [-0.15, -0.1) is 0 Å². The van der Waals surface area contributed by atoms with Gasteiger partial charge in [0.2, 0.25) is 0 Å². The Morgan fingerprint density at radius 1 is 0.586 bits per heavy atom. The molecule has 0 N–H and O–H groups in total. The van der Waals surface area contributed by atoms with Crippen LogP contribution in [-0.2, 0) is 21.7 Å². The van der Waals surface area contributed by atoms with Crippen LogP contribution in [0.2, 0.25) is 10.1 Å². The molecule has 0 aliphatic rings. The molecule has 2 nitrogen and oxygen atoms in total. The fourth-order valence-corrected chi connectivity index (χ4v) is 6.84. The van der Waals surface area contributed by atoms with E-state index in [1.54, 1.807) is 0 Å². The lowest BCUT2D eigenvalue weighted by Crippen LogP contribution is -2.31. The smallest absolute Gasteiger partial charge is 0.167 e. The number of hydrogen-bond acceptors (Lipinski definition) is 2. The molecule has 29 heavy (non-hydrogen) atoms. The minimum Gasteiger partial charge on any atom is -0.423 e. The number of hydrogen-bond donors (Lipinski definition) is 0. The van der Waals surface area contributed by atoms with Crippen LogP contribution in [-0.4, -0.2) is 32.7 Å². The monoisotopic (exact) mass is 428 g/mol. The zero-order valence-corrected chi connectivity index (χ0v) is 22.2. The maximum Gasteiger partial charge on any atom is 0.167 e. The Hall–Kier alpha value is -1.21. The summed E-state index contributed by atoms with van der Waals surface area (Å²) in [5.74, 6) is 0. The van der Waals surface area contributed by atoms with Crippen molar-refractivity contribution in [1.29, 1.82) is 0 Å². The molecular weight excluding hydrogens is 388 g/mol. The molecule has 0 atom stereocenters. The normalized spacial score (nSPS) is 13.7. The van der Waals surface area contributed by atoms with Crippen molar-refractivity contribution in [1.82, 2.24) is 0 Å². The van der Waals surface area contributed by atoms with Gasteiger partial charge in [0, 0.05) is 18.6 Å². The number of rotatable bonds is 12. The Bertz CT molecular complexity index is 651. The van der Waals surface area contributed by atoms with Crippen molar-refractivity contribution in [3.05, 3.63) is 71.8 Å². The Morgan fingerprint density at radius 3 is 1.28 bits per heavy atom. The van der Waals surface area contributed by atoms with Gasteiger partial charge in [-0.1, -0.05) is 102 Å². The SMILES string of the molecule is CC(C)(CO[SiH2]C(C)(C)Cc1ccccc1)CO[SiH2]C(C)(C)Cc1ccccc1. The first-order valence-corrected chi connectivity index (χ1v) is 13.4. The van der Waals surface area contributed by atoms with Crippen LogP contribution < -0.4 is 0 Å². The van der Waals surface area contributed by atoms with Gasteiger partial charge in [-0.25, -0.2) is 0 Å². The lowest BCUT2D eigenvalue weighted by atomic mass is 9.97. The maximum absolute atomic E-state index is 6.29. The summed E-state index contributed by atoms with van der Waals surface area (Å²) in [7, 11) is -1.24. The van der Waals surface area contributed by atoms with Crippen LogP contribution in [0.3, 0.4) is 0 Å². The van der Waals surface area contributed by atoms with Crippen LogP contribution in [0.25, 0.3) is 0 Å². The van der Waals surface area contributed by atoms with E-state index in [-0.39, 0.29) is 15.5 Å². The molecule has 0 aliphatic carbocycles. The van der Waals surface area contributed by atoms with E-state index in [1.165, 1.54) is 11.1 Å². The Balaban J connectivity index is 1.71. The van der Waals surface area contributed by atoms with Crippen molar-refractivity contribution in [3.8, 4) is 0 Å². The first-order valence-electron chi connectivity index (χ1n) is 10.8. The van der Waals surface area contributed by atoms with Crippen molar-refractivity contribution in [2.45, 2.75) is 64.5 Å². The highest BCUT2D eigenvalue weighted by molar-refractivity contribution is 6.32. The Morgan fingerprint density at radius 2 is 0.931 bits per heavy atom. The molecule has 0 bridgehead atoms. The van der Waals surface area contributed by atoms with Gasteiger partial charge in [-0.2, -0.15) is 0 Å². The van der Waals surface area contributed by atoms with Gasteiger partial charge >= 0.3 is 0 Å². The summed E-state index contributed by atoms with van der Waals surface area (Å²) in [6.07, 6.45) is 2.19. The largest absolute Gasteiger partial charge is 0.423 e. The molecule has 0 fully saturated rings. The van der Waals surface area contributed by atoms with E-state index in [9.17, 15) is 0 Å². The van der Waals surface area contributed by atoms with Crippen LogP contribution in [0.15, 0.2) is 60.7 Å². The third-order valence-electron chi connectivity index (χ3n) is 5.02. The van der Waals surface area contributed by atoms with Crippen LogP contribution in [0.4, 0.5) is 0 Å². The van der Waals surface area contributed by atoms with Gasteiger partial charge in [-0.3, -0.25) is 0 Å². The molecule has 0 unspecified atom stereocenters. The molecule has 0 aromatic heterocycles. The molecule has 0 radical (unpaired) electrons. The van der Waals surface area contributed by atoms with Gasteiger partial charge in [0.05, 0.1) is 0 Å². The average molecular weight is 429 g/mol. The summed E-state index contributed by atoms with van der Waals surface area (Å²) in [6, 6.07) is 21.5. The lowest BCUT2D eigenvalue weighted by Gasteiger charge is -2.31. The molecule has 160 valence electrons. The minimum atomic E-state index is -0.619. The summed E-state index contributed by atoms with van der Waals surface area (Å²) in [5.41, 5.74) is 2.89. The quantitative estimate of drug-likeness (QED) is 0.438. The second kappa shape index (κ2) is 10.7. The summed E-state index contributed by atoms with van der Waals surface area (Å²) < 4.78 is 12.6. The first kappa shape index (κ1) is 24.1. The molecule has 2 aromatic rings. The second-order valence-electron chi connectivity index (χ2n) is 10.8. The van der Waals surface area contributed by atoms with Crippen LogP contribution in [0.1, 0.15) is 52.7 Å². The van der Waals surface area contributed by atoms with E-state index in [0.717, 1.165) is 26.1 Å². The van der Waals surface area contributed by atoms with E-state index >= 15 is 0 Å². The standard InChI is InChI=1S/C25H40O2Si2/c1-23(2,19-26-28-24(3,4)17-21-13-9-7-10-14-21)20-27-29-25(5,6)18-22-15-11-8-12-16-22/h7-16H,17-20,28-29H2,1-6H3. The van der Waals surface area contributed by atoms with Crippen molar-refractivity contribution < 1.29 is 8.85 Å². The van der Waals surface area contributed by atoms with Gasteiger partial charge in [0.1, 0.15) is 0 Å². The predicted octanol–water partition coefficient (Wildman–Crippen LogP) is 5.10. The molecule has 0 amide bonds. The van der Waals surface area contributed by atoms with Gasteiger partial charge in [-0.05, 0) is 34.0 Å². The molecule has 0 heterocycles. The summed E-state index contributed by atoms with van der Waals surface area (Å²) >= 11 is 0. The third-order valence-corrected chi connectivity index (χ3v) is 7.90. The van der Waals surface area contributed by atoms with E-state index in [4.69, 9.17) is 8.85 Å². The second-order valence-corrected chi connectivity index (χ2v) is 16.0. The molecule has 0 spiro atoms. The zero-order chi connectivity index (χ0) is 21.4. The van der Waals surface area contributed by atoms with E-state index in [2.05, 4.69) is 102 Å². The molecule has 2 rings (SSSR count). The van der Waals surface area contributed by atoms with Gasteiger partial charge in [0.15, 0.2) is 19.5 Å². The van der Waals surface area contributed by atoms with E-state index < -0.39 is 19.5 Å². The highest BCUT2D eigenvalue weighted by Crippen LogP contribution is 2.31. The van der Waals surface area contributed by atoms with E-state index in [0.29, 0.717) is 0 Å². The van der Waals surface area contributed by atoms with Gasteiger partial charge < -0.3 is 8.85 Å². The third kappa shape index (κ3) is 9.90. The highest BCUT2D eigenvalue weighted by atomic mass is 28.2. The minimum absolute atomic E-state index is 0.0751. The van der Waals surface area contributed by atoms with Crippen molar-refractivity contribution in [3.63, 3.8) is 0 Å². The van der Waals surface area contributed by atoms with Crippen molar-refractivity contribution in [2.75, 3.05) is 13.2 Å². The zero-order valence-electron chi connectivity index (χ0n) is 19.3. The van der Waals surface area contributed by atoms with Crippen LogP contribution in [0, 0.1) is 5.41 Å². The summed E-state index contributed by atoms with van der Waals surface area (Å²) in [4.78, 5) is 0. The maximum atomic E-state index is 6.29. The highest BCUT2D eigenvalue weighted by Gasteiger charge is 2.26. The average Bonchev–Trinajstić information content (AvgIpc) is 2.61. The first-order chi connectivity index (χ1) is 13.6. The topological polar surface area (TPSA) is 18.5 Å². The summed E-state index contributed by atoms with van der Waals surface area (Å²) in [5, 5.41) is 0.537. The van der Waals surface area contributed by atoms with Crippen molar-refractivity contribution in [2.24, 2.45) is 5.41 Å². The molecular formula is C25H40O2Si2. The Labute approximate surface area is 183 Å². The molecule has 0 saturated heterocycles. The molecule has 0 aliphatic heterocycles. The van der Waals surface area contributed by atoms with Crippen molar-refractivity contribution >= 4 is 19.5 Å².